The van der Waals surface area contributed by atoms with Crippen LogP contribution in [0.2, 0.25) is 0 Å². The zero-order valence-corrected chi connectivity index (χ0v) is 19.0. The molecule has 1 heterocycles. The molecule has 0 aliphatic carbocycles. The molecule has 0 spiro atoms. The molecule has 0 aliphatic heterocycles. The lowest BCUT2D eigenvalue weighted by molar-refractivity contribution is -0.686. The first-order valence-electron chi connectivity index (χ1n) is 10.8. The molecule has 0 radical (unpaired) electrons. The zero-order valence-electron chi connectivity index (χ0n) is 19.0. The number of quaternary nitrogens is 1. The maximum Gasteiger partial charge on any atom is 0.340 e. The van der Waals surface area contributed by atoms with E-state index in [1.54, 1.807) is 26.4 Å². The van der Waals surface area contributed by atoms with Gasteiger partial charge in [0.1, 0.15) is 18.7 Å². The van der Waals surface area contributed by atoms with Gasteiger partial charge < -0.3 is 24.3 Å². The molecule has 33 heavy (non-hydrogen) atoms. The zero-order chi connectivity index (χ0) is 23.4. The van der Waals surface area contributed by atoms with Gasteiger partial charge in [-0.15, -0.1) is 0 Å². The molecule has 0 bridgehead atoms. The highest BCUT2D eigenvalue weighted by Crippen LogP contribution is 2.29. The number of benzene rings is 3. The Hall–Kier alpha value is -3.77. The van der Waals surface area contributed by atoms with E-state index in [-0.39, 0.29) is 5.75 Å². The molecular weight excluding hydrogens is 418 g/mol. The minimum Gasteiger partial charge on any atom is -0.872 e. The van der Waals surface area contributed by atoms with E-state index in [1.165, 1.54) is 0 Å². The number of methoxy groups -OCH3 is 2. The fourth-order valence-electron chi connectivity index (χ4n) is 4.08. The lowest BCUT2D eigenvalue weighted by atomic mass is 9.98. The van der Waals surface area contributed by atoms with E-state index in [0.717, 1.165) is 22.1 Å². The van der Waals surface area contributed by atoms with E-state index in [9.17, 15) is 9.90 Å². The Labute approximate surface area is 192 Å². The highest BCUT2D eigenvalue weighted by atomic mass is 16.5. The number of rotatable bonds is 8. The van der Waals surface area contributed by atoms with Crippen molar-refractivity contribution in [3.63, 3.8) is 0 Å². The Bertz CT molecular complexity index is 1330. The largest absolute Gasteiger partial charge is 0.872 e. The molecule has 170 valence electrons. The number of hydrogen-bond acceptors (Lipinski definition) is 5. The van der Waals surface area contributed by atoms with Crippen molar-refractivity contribution in [2.75, 3.05) is 14.2 Å². The molecule has 0 atom stereocenters. The highest BCUT2D eigenvalue weighted by molar-refractivity contribution is 5.85. The number of ether oxygens (including phenoxy) is 2. The number of nitrogens with two attached hydrogens (primary N) is 1. The van der Waals surface area contributed by atoms with Crippen LogP contribution in [0.1, 0.15) is 27.8 Å². The van der Waals surface area contributed by atoms with E-state index >= 15 is 0 Å². The van der Waals surface area contributed by atoms with Crippen LogP contribution in [0.15, 0.2) is 69.9 Å². The Morgan fingerprint density at radius 3 is 2.36 bits per heavy atom. The van der Waals surface area contributed by atoms with Crippen LogP contribution in [0, 0.1) is 6.92 Å². The predicted molar refractivity (Wildman–Crippen MR) is 125 cm³/mol. The minimum atomic E-state index is -0.393. The van der Waals surface area contributed by atoms with E-state index < -0.39 is 5.63 Å². The molecule has 0 saturated carbocycles. The molecule has 0 unspecified atom stereocenters. The van der Waals surface area contributed by atoms with Gasteiger partial charge in [-0.05, 0) is 36.2 Å². The first kappa shape index (κ1) is 22.4. The van der Waals surface area contributed by atoms with Crippen molar-refractivity contribution in [1.29, 1.82) is 0 Å². The van der Waals surface area contributed by atoms with Crippen LogP contribution in [-0.2, 0) is 19.5 Å². The van der Waals surface area contributed by atoms with Gasteiger partial charge in [-0.1, -0.05) is 48.2 Å². The van der Waals surface area contributed by atoms with Gasteiger partial charge in [0.25, 0.3) is 0 Å². The molecule has 3 aromatic carbocycles. The second kappa shape index (κ2) is 9.79. The van der Waals surface area contributed by atoms with Crippen LogP contribution in [0.5, 0.6) is 17.2 Å². The Balaban J connectivity index is 1.60. The Kier molecular flexibility index (Phi) is 6.66. The molecule has 0 amide bonds. The van der Waals surface area contributed by atoms with Crippen molar-refractivity contribution in [2.24, 2.45) is 0 Å². The minimum absolute atomic E-state index is 0.135. The Morgan fingerprint density at radius 2 is 1.64 bits per heavy atom. The summed E-state index contributed by atoms with van der Waals surface area (Å²) in [5, 5.41) is 15.4. The average molecular weight is 446 g/mol. The first-order chi connectivity index (χ1) is 16.0. The molecule has 6 heteroatoms. The Morgan fingerprint density at radius 1 is 0.879 bits per heavy atom. The summed E-state index contributed by atoms with van der Waals surface area (Å²) in [5.74, 6) is 1.19. The van der Waals surface area contributed by atoms with Crippen molar-refractivity contribution >= 4 is 11.0 Å². The van der Waals surface area contributed by atoms with Gasteiger partial charge in [-0.2, -0.15) is 0 Å². The SMILES string of the molecule is COc1ccc(C[NH2+]Cc2c([O-])ccc3c(C)c(Cc4ccccc4)c(=O)oc23)cc1OC. The summed E-state index contributed by atoms with van der Waals surface area (Å²) in [7, 11) is 3.20. The number of hydrogen-bond donors (Lipinski definition) is 1. The molecular formula is C27H27NO5. The van der Waals surface area contributed by atoms with Gasteiger partial charge in [0, 0.05) is 28.5 Å². The van der Waals surface area contributed by atoms with Gasteiger partial charge in [0.15, 0.2) is 11.5 Å². The molecule has 0 fully saturated rings. The summed E-state index contributed by atoms with van der Waals surface area (Å²) in [4.78, 5) is 12.8. The molecule has 6 nitrogen and oxygen atoms in total. The second-order valence-corrected chi connectivity index (χ2v) is 7.96. The van der Waals surface area contributed by atoms with Crippen molar-refractivity contribution in [2.45, 2.75) is 26.4 Å². The maximum absolute atomic E-state index is 12.8. The van der Waals surface area contributed by atoms with E-state index in [2.05, 4.69) is 0 Å². The molecule has 0 aliphatic rings. The summed E-state index contributed by atoms with van der Waals surface area (Å²) >= 11 is 0. The van der Waals surface area contributed by atoms with Crippen LogP contribution in [0.3, 0.4) is 0 Å². The first-order valence-corrected chi connectivity index (χ1v) is 10.8. The van der Waals surface area contributed by atoms with Crippen LogP contribution < -0.4 is 25.5 Å². The van der Waals surface area contributed by atoms with Gasteiger partial charge in [-0.25, -0.2) is 4.79 Å². The predicted octanol–water partition coefficient (Wildman–Crippen LogP) is 3.05. The summed E-state index contributed by atoms with van der Waals surface area (Å²) in [6, 6.07) is 18.8. The van der Waals surface area contributed by atoms with E-state index in [0.29, 0.717) is 47.7 Å². The average Bonchev–Trinajstić information content (AvgIpc) is 2.83. The fraction of sp³-hybridized carbons (Fsp3) is 0.222. The van der Waals surface area contributed by atoms with Crippen molar-refractivity contribution in [1.82, 2.24) is 0 Å². The maximum atomic E-state index is 12.8. The van der Waals surface area contributed by atoms with Crippen molar-refractivity contribution < 1.29 is 24.3 Å². The summed E-state index contributed by atoms with van der Waals surface area (Å²) in [5.41, 5.74) is 4.03. The smallest absolute Gasteiger partial charge is 0.340 e. The van der Waals surface area contributed by atoms with Crippen LogP contribution >= 0.6 is 0 Å². The second-order valence-electron chi connectivity index (χ2n) is 7.96. The number of aryl methyl sites for hydroxylation is 1. The number of fused-ring (bicyclic) bond motifs is 1. The van der Waals surface area contributed by atoms with Crippen molar-refractivity contribution in [3.05, 3.63) is 98.9 Å². The fourth-order valence-corrected chi connectivity index (χ4v) is 4.08. The molecule has 0 saturated heterocycles. The third-order valence-corrected chi connectivity index (χ3v) is 5.92. The van der Waals surface area contributed by atoms with Gasteiger partial charge in [-0.3, -0.25) is 0 Å². The van der Waals surface area contributed by atoms with Crippen molar-refractivity contribution in [3.8, 4) is 17.2 Å². The third-order valence-electron chi connectivity index (χ3n) is 5.92. The standard InChI is InChI=1S/C27H27NO5/c1-17-20-10-11-23(29)22(16-28-15-19-9-12-24(31-2)25(14-19)32-3)26(20)33-27(30)21(17)13-18-7-5-4-6-8-18/h4-12,14,28-29H,13,15-16H2,1-3H3. The summed E-state index contributed by atoms with van der Waals surface area (Å²) in [6.45, 7) is 2.94. The van der Waals surface area contributed by atoms with Crippen LogP contribution in [-0.4, -0.2) is 14.2 Å². The van der Waals surface area contributed by atoms with E-state index in [4.69, 9.17) is 13.9 Å². The third kappa shape index (κ3) is 4.71. The molecule has 4 aromatic rings. The highest BCUT2D eigenvalue weighted by Gasteiger charge is 2.16. The topological polar surface area (TPSA) is 88.3 Å². The molecule has 2 N–H and O–H groups in total. The van der Waals surface area contributed by atoms with Gasteiger partial charge in [0.2, 0.25) is 0 Å². The monoisotopic (exact) mass is 445 g/mol. The molecule has 4 rings (SSSR count). The van der Waals surface area contributed by atoms with Gasteiger partial charge >= 0.3 is 5.63 Å². The summed E-state index contributed by atoms with van der Waals surface area (Å²) in [6.07, 6.45) is 0.491. The lowest BCUT2D eigenvalue weighted by Crippen LogP contribution is -2.80. The van der Waals surface area contributed by atoms with Crippen LogP contribution in [0.25, 0.3) is 11.0 Å². The quantitative estimate of drug-likeness (QED) is 0.421. The van der Waals surface area contributed by atoms with Gasteiger partial charge in [0.05, 0.1) is 14.2 Å². The lowest BCUT2D eigenvalue weighted by Gasteiger charge is -2.16. The van der Waals surface area contributed by atoms with Crippen LogP contribution in [0.4, 0.5) is 0 Å². The molecule has 1 aromatic heterocycles. The summed E-state index contributed by atoms with van der Waals surface area (Å²) < 4.78 is 16.4. The normalized spacial score (nSPS) is 11.0. The van der Waals surface area contributed by atoms with E-state index in [1.807, 2.05) is 60.8 Å².